The van der Waals surface area contributed by atoms with Gasteiger partial charge in [0.15, 0.2) is 11.5 Å². The number of ether oxygens (including phenoxy) is 2. The summed E-state index contributed by atoms with van der Waals surface area (Å²) >= 11 is 0. The van der Waals surface area contributed by atoms with Crippen LogP contribution in [0, 0.1) is 0 Å². The molecule has 0 bridgehead atoms. The molecule has 1 unspecified atom stereocenters. The third-order valence-corrected chi connectivity index (χ3v) is 3.18. The monoisotopic (exact) mass is 308 g/mol. The molecule has 22 heavy (non-hydrogen) atoms. The number of para-hydroxylation sites is 2. The Kier molecular flexibility index (Phi) is 7.99. The van der Waals surface area contributed by atoms with Crippen LogP contribution in [0.15, 0.2) is 24.3 Å². The second kappa shape index (κ2) is 9.78. The van der Waals surface area contributed by atoms with Crippen molar-refractivity contribution in [3.05, 3.63) is 24.3 Å². The molecule has 1 amide bonds. The van der Waals surface area contributed by atoms with Gasteiger partial charge in [-0.25, -0.2) is 0 Å². The van der Waals surface area contributed by atoms with E-state index in [2.05, 4.69) is 10.6 Å². The molecule has 0 aromatic heterocycles. The maximum absolute atomic E-state index is 11.9. The lowest BCUT2D eigenvalue weighted by molar-refractivity contribution is -0.139. The number of ketones is 1. The molecule has 2 N–H and O–H groups in total. The Morgan fingerprint density at radius 2 is 1.91 bits per heavy atom. The lowest BCUT2D eigenvalue weighted by Crippen LogP contribution is -2.44. The van der Waals surface area contributed by atoms with E-state index in [1.54, 1.807) is 26.3 Å². The topological polar surface area (TPSA) is 76.7 Å². The van der Waals surface area contributed by atoms with Crippen molar-refractivity contribution < 1.29 is 19.1 Å². The van der Waals surface area contributed by atoms with Crippen molar-refractivity contribution in [3.63, 3.8) is 0 Å². The SMILES string of the molecule is CCCC(NC)C(=O)C(=O)NCCOc1ccccc1OC. The summed E-state index contributed by atoms with van der Waals surface area (Å²) in [5, 5.41) is 5.43. The highest BCUT2D eigenvalue weighted by molar-refractivity contribution is 6.38. The molecule has 6 nitrogen and oxygen atoms in total. The first kappa shape index (κ1) is 18.0. The normalized spacial score (nSPS) is 11.6. The van der Waals surface area contributed by atoms with E-state index in [4.69, 9.17) is 9.47 Å². The molecule has 0 radical (unpaired) electrons. The molecule has 0 aliphatic carbocycles. The van der Waals surface area contributed by atoms with Gasteiger partial charge in [-0.05, 0) is 25.6 Å². The number of hydrogen-bond acceptors (Lipinski definition) is 5. The van der Waals surface area contributed by atoms with E-state index >= 15 is 0 Å². The fourth-order valence-electron chi connectivity index (χ4n) is 2.00. The number of methoxy groups -OCH3 is 1. The molecule has 0 aliphatic heterocycles. The summed E-state index contributed by atoms with van der Waals surface area (Å²) in [5.74, 6) is 0.200. The number of Topliss-reactive ketones (excluding diaryl/α,β-unsaturated/α-hetero) is 1. The van der Waals surface area contributed by atoms with Crippen LogP contribution in [0.3, 0.4) is 0 Å². The van der Waals surface area contributed by atoms with Gasteiger partial charge in [0.25, 0.3) is 5.91 Å². The molecule has 0 fully saturated rings. The van der Waals surface area contributed by atoms with Crippen molar-refractivity contribution in [2.45, 2.75) is 25.8 Å². The van der Waals surface area contributed by atoms with Crippen molar-refractivity contribution in [1.82, 2.24) is 10.6 Å². The van der Waals surface area contributed by atoms with Crippen LogP contribution >= 0.6 is 0 Å². The molecule has 0 aliphatic rings. The second-order valence-corrected chi connectivity index (χ2v) is 4.75. The number of hydrogen-bond donors (Lipinski definition) is 2. The zero-order valence-electron chi connectivity index (χ0n) is 13.3. The Balaban J connectivity index is 2.37. The zero-order chi connectivity index (χ0) is 16.4. The third kappa shape index (κ3) is 5.37. The summed E-state index contributed by atoms with van der Waals surface area (Å²) < 4.78 is 10.7. The minimum Gasteiger partial charge on any atom is -0.493 e. The summed E-state index contributed by atoms with van der Waals surface area (Å²) in [6, 6.07) is 6.82. The number of likely N-dealkylation sites (N-methyl/N-ethyl adjacent to an activating group) is 1. The van der Waals surface area contributed by atoms with Gasteiger partial charge in [0.05, 0.1) is 19.7 Å². The fraction of sp³-hybridized carbons (Fsp3) is 0.500. The van der Waals surface area contributed by atoms with Crippen molar-refractivity contribution in [2.75, 3.05) is 27.3 Å². The van der Waals surface area contributed by atoms with E-state index < -0.39 is 17.7 Å². The van der Waals surface area contributed by atoms with Crippen LogP contribution in [-0.4, -0.2) is 45.0 Å². The van der Waals surface area contributed by atoms with Crippen molar-refractivity contribution in [1.29, 1.82) is 0 Å². The van der Waals surface area contributed by atoms with Crippen LogP contribution in [0.25, 0.3) is 0 Å². The zero-order valence-corrected chi connectivity index (χ0v) is 13.3. The van der Waals surface area contributed by atoms with Gasteiger partial charge in [-0.15, -0.1) is 0 Å². The summed E-state index contributed by atoms with van der Waals surface area (Å²) in [6.45, 7) is 2.49. The molecular weight excluding hydrogens is 284 g/mol. The average molecular weight is 308 g/mol. The summed E-state index contributed by atoms with van der Waals surface area (Å²) in [5.41, 5.74) is 0. The first-order valence-electron chi connectivity index (χ1n) is 7.39. The first-order chi connectivity index (χ1) is 10.6. The number of rotatable bonds is 10. The maximum Gasteiger partial charge on any atom is 0.289 e. The van der Waals surface area contributed by atoms with E-state index in [0.717, 1.165) is 6.42 Å². The molecule has 6 heteroatoms. The highest BCUT2D eigenvalue weighted by atomic mass is 16.5. The van der Waals surface area contributed by atoms with Crippen LogP contribution < -0.4 is 20.1 Å². The van der Waals surface area contributed by atoms with Crippen LogP contribution in [-0.2, 0) is 9.59 Å². The largest absolute Gasteiger partial charge is 0.493 e. The van der Waals surface area contributed by atoms with E-state index in [9.17, 15) is 9.59 Å². The van der Waals surface area contributed by atoms with Crippen molar-refractivity contribution >= 4 is 11.7 Å². The molecular formula is C16H24N2O4. The smallest absolute Gasteiger partial charge is 0.289 e. The number of carbonyl (C=O) groups is 2. The van der Waals surface area contributed by atoms with Gasteiger partial charge in [-0.2, -0.15) is 0 Å². The molecule has 0 saturated carbocycles. The summed E-state index contributed by atoms with van der Waals surface area (Å²) in [4.78, 5) is 23.7. The first-order valence-corrected chi connectivity index (χ1v) is 7.39. The second-order valence-electron chi connectivity index (χ2n) is 4.75. The standard InChI is InChI=1S/C16H24N2O4/c1-4-7-12(17-2)15(19)16(20)18-10-11-22-14-9-6-5-8-13(14)21-3/h5-6,8-9,12,17H,4,7,10-11H2,1-3H3,(H,18,20). The average Bonchev–Trinajstić information content (AvgIpc) is 2.56. The molecule has 0 saturated heterocycles. The lowest BCUT2D eigenvalue weighted by atomic mass is 10.1. The fourth-order valence-corrected chi connectivity index (χ4v) is 2.00. The lowest BCUT2D eigenvalue weighted by Gasteiger charge is -2.14. The van der Waals surface area contributed by atoms with Crippen LogP contribution in [0.1, 0.15) is 19.8 Å². The Morgan fingerprint density at radius 1 is 1.23 bits per heavy atom. The minimum absolute atomic E-state index is 0.255. The Labute approximate surface area is 131 Å². The van der Waals surface area contributed by atoms with Crippen molar-refractivity contribution in [2.24, 2.45) is 0 Å². The van der Waals surface area contributed by atoms with Gasteiger partial charge in [0.2, 0.25) is 5.78 Å². The molecule has 0 spiro atoms. The summed E-state index contributed by atoms with van der Waals surface area (Å²) in [6.07, 6.45) is 1.47. The maximum atomic E-state index is 11.9. The van der Waals surface area contributed by atoms with Gasteiger partial charge in [0.1, 0.15) is 6.61 Å². The van der Waals surface area contributed by atoms with E-state index in [-0.39, 0.29) is 13.2 Å². The highest BCUT2D eigenvalue weighted by Crippen LogP contribution is 2.25. The Bertz CT molecular complexity index is 491. The predicted molar refractivity (Wildman–Crippen MR) is 84.3 cm³/mol. The Hall–Kier alpha value is -2.08. The van der Waals surface area contributed by atoms with Crippen LogP contribution in [0.4, 0.5) is 0 Å². The molecule has 122 valence electrons. The quantitative estimate of drug-likeness (QED) is 0.501. The van der Waals surface area contributed by atoms with Gasteiger partial charge >= 0.3 is 0 Å². The number of benzene rings is 1. The van der Waals surface area contributed by atoms with Crippen LogP contribution in [0.2, 0.25) is 0 Å². The minimum atomic E-state index is -0.587. The molecule has 1 atom stereocenters. The number of amides is 1. The van der Waals surface area contributed by atoms with Gasteiger partial charge < -0.3 is 20.1 Å². The molecule has 1 rings (SSSR count). The van der Waals surface area contributed by atoms with Crippen LogP contribution in [0.5, 0.6) is 11.5 Å². The molecule has 0 heterocycles. The van der Waals surface area contributed by atoms with Gasteiger partial charge in [-0.3, -0.25) is 9.59 Å². The third-order valence-electron chi connectivity index (χ3n) is 3.18. The predicted octanol–water partition coefficient (Wildman–Crippen LogP) is 1.15. The van der Waals surface area contributed by atoms with E-state index in [1.807, 2.05) is 19.1 Å². The van der Waals surface area contributed by atoms with Gasteiger partial charge in [0, 0.05) is 0 Å². The Morgan fingerprint density at radius 3 is 2.50 bits per heavy atom. The molecule has 1 aromatic rings. The molecule has 1 aromatic carbocycles. The summed E-state index contributed by atoms with van der Waals surface area (Å²) in [7, 11) is 3.24. The highest BCUT2D eigenvalue weighted by Gasteiger charge is 2.22. The number of nitrogens with one attached hydrogen (secondary N) is 2. The van der Waals surface area contributed by atoms with Crippen molar-refractivity contribution in [3.8, 4) is 11.5 Å². The van der Waals surface area contributed by atoms with E-state index in [0.29, 0.717) is 17.9 Å². The van der Waals surface area contributed by atoms with Gasteiger partial charge in [-0.1, -0.05) is 25.5 Å². The van der Waals surface area contributed by atoms with E-state index in [1.165, 1.54) is 0 Å². The number of carbonyl (C=O) groups excluding carboxylic acids is 2.